The van der Waals surface area contributed by atoms with Crippen molar-refractivity contribution in [3.8, 4) is 0 Å². The third-order valence-electron chi connectivity index (χ3n) is 3.04. The first kappa shape index (κ1) is 7.90. The fraction of sp³-hybridized carbons (Fsp3) is 0.889. The number of alkyl carbamates (subject to hydrolysis) is 1. The van der Waals surface area contributed by atoms with Crippen LogP contribution in [0.1, 0.15) is 32.6 Å². The van der Waals surface area contributed by atoms with Crippen LogP contribution in [-0.4, -0.2) is 18.2 Å². The maximum atomic E-state index is 10.9. The molecular weight excluding hydrogens is 154 g/mol. The fourth-order valence-electron chi connectivity index (χ4n) is 2.20. The Kier molecular flexibility index (Phi) is 1.95. The predicted molar refractivity (Wildman–Crippen MR) is 44.8 cm³/mol. The molecule has 0 radical (unpaired) electrons. The van der Waals surface area contributed by atoms with Crippen molar-refractivity contribution in [3.05, 3.63) is 0 Å². The molecule has 0 bridgehead atoms. The summed E-state index contributed by atoms with van der Waals surface area (Å²) in [4.78, 5) is 10.9. The van der Waals surface area contributed by atoms with E-state index in [0.29, 0.717) is 6.04 Å². The van der Waals surface area contributed by atoms with E-state index in [-0.39, 0.29) is 12.2 Å². The summed E-state index contributed by atoms with van der Waals surface area (Å²) in [5.74, 6) is 0.763. The Labute approximate surface area is 72.5 Å². The second kappa shape index (κ2) is 2.96. The molecule has 1 saturated heterocycles. The highest BCUT2D eigenvalue weighted by Crippen LogP contribution is 2.31. The van der Waals surface area contributed by atoms with Crippen molar-refractivity contribution in [1.82, 2.24) is 5.32 Å². The van der Waals surface area contributed by atoms with E-state index >= 15 is 0 Å². The van der Waals surface area contributed by atoms with Crippen molar-refractivity contribution >= 4 is 6.09 Å². The van der Waals surface area contributed by atoms with Crippen LogP contribution < -0.4 is 5.32 Å². The molecule has 68 valence electrons. The third-order valence-corrected chi connectivity index (χ3v) is 3.04. The molecule has 1 N–H and O–H groups in total. The van der Waals surface area contributed by atoms with Gasteiger partial charge in [0.25, 0.3) is 0 Å². The van der Waals surface area contributed by atoms with Gasteiger partial charge in [-0.15, -0.1) is 0 Å². The van der Waals surface area contributed by atoms with E-state index < -0.39 is 0 Å². The number of hydrogen-bond acceptors (Lipinski definition) is 2. The van der Waals surface area contributed by atoms with Crippen LogP contribution in [0.15, 0.2) is 0 Å². The number of carbonyl (C=O) groups is 1. The molecule has 2 fully saturated rings. The van der Waals surface area contributed by atoms with Gasteiger partial charge in [-0.2, -0.15) is 0 Å². The molecule has 1 heterocycles. The number of amides is 1. The summed E-state index contributed by atoms with van der Waals surface area (Å²) in [6.07, 6.45) is 4.54. The average molecular weight is 169 g/mol. The minimum Gasteiger partial charge on any atom is -0.444 e. The molecule has 1 aliphatic heterocycles. The molecule has 0 aromatic carbocycles. The highest BCUT2D eigenvalue weighted by atomic mass is 16.6. The number of fused-ring (bicyclic) bond motifs is 1. The van der Waals surface area contributed by atoms with Crippen molar-refractivity contribution in [2.75, 3.05) is 0 Å². The van der Waals surface area contributed by atoms with Crippen molar-refractivity contribution in [1.29, 1.82) is 0 Å². The lowest BCUT2D eigenvalue weighted by Gasteiger charge is -2.28. The van der Waals surface area contributed by atoms with Crippen LogP contribution >= 0.6 is 0 Å². The zero-order valence-electron chi connectivity index (χ0n) is 7.38. The van der Waals surface area contributed by atoms with Crippen LogP contribution in [0.3, 0.4) is 0 Å². The smallest absolute Gasteiger partial charge is 0.407 e. The summed E-state index contributed by atoms with van der Waals surface area (Å²) in [5.41, 5.74) is 0. The van der Waals surface area contributed by atoms with Gasteiger partial charge >= 0.3 is 6.09 Å². The summed E-state index contributed by atoms with van der Waals surface area (Å²) < 4.78 is 5.15. The molecule has 2 rings (SSSR count). The highest BCUT2D eigenvalue weighted by molar-refractivity contribution is 5.70. The molecule has 3 nitrogen and oxygen atoms in total. The predicted octanol–water partition coefficient (Wildman–Crippen LogP) is 1.67. The highest BCUT2D eigenvalue weighted by Gasteiger charge is 2.38. The molecule has 3 heteroatoms. The van der Waals surface area contributed by atoms with Gasteiger partial charge in [0.15, 0.2) is 0 Å². The summed E-state index contributed by atoms with van der Waals surface area (Å²) >= 11 is 0. The Hall–Kier alpha value is -0.730. The minimum absolute atomic E-state index is 0.163. The van der Waals surface area contributed by atoms with Crippen LogP contribution in [0.2, 0.25) is 0 Å². The van der Waals surface area contributed by atoms with Crippen LogP contribution in [-0.2, 0) is 4.74 Å². The molecule has 0 aromatic rings. The Bertz CT molecular complexity index is 193. The number of ether oxygens (including phenoxy) is 1. The van der Waals surface area contributed by atoms with E-state index in [1.807, 2.05) is 0 Å². The summed E-state index contributed by atoms with van der Waals surface area (Å²) in [5, 5.41) is 2.84. The summed E-state index contributed by atoms with van der Waals surface area (Å²) in [7, 11) is 0. The fourth-order valence-corrected chi connectivity index (χ4v) is 2.20. The second-order valence-corrected chi connectivity index (χ2v) is 3.78. The van der Waals surface area contributed by atoms with E-state index in [1.165, 1.54) is 12.8 Å². The van der Waals surface area contributed by atoms with E-state index in [2.05, 4.69) is 12.2 Å². The molecule has 0 spiro atoms. The van der Waals surface area contributed by atoms with Gasteiger partial charge in [-0.3, -0.25) is 0 Å². The van der Waals surface area contributed by atoms with Crippen LogP contribution in [0.4, 0.5) is 4.79 Å². The van der Waals surface area contributed by atoms with Crippen molar-refractivity contribution < 1.29 is 9.53 Å². The van der Waals surface area contributed by atoms with E-state index in [4.69, 9.17) is 4.74 Å². The summed E-state index contributed by atoms with van der Waals surface area (Å²) in [6.45, 7) is 2.20. The molecule has 3 unspecified atom stereocenters. The van der Waals surface area contributed by atoms with Crippen LogP contribution in [0.25, 0.3) is 0 Å². The van der Waals surface area contributed by atoms with Crippen LogP contribution in [0.5, 0.6) is 0 Å². The van der Waals surface area contributed by atoms with Gasteiger partial charge in [-0.25, -0.2) is 4.79 Å². The van der Waals surface area contributed by atoms with Gasteiger partial charge in [0.2, 0.25) is 0 Å². The first-order valence-corrected chi connectivity index (χ1v) is 4.76. The van der Waals surface area contributed by atoms with Gasteiger partial charge in [0, 0.05) is 0 Å². The summed E-state index contributed by atoms with van der Waals surface area (Å²) in [6, 6.07) is 0.306. The number of rotatable bonds is 1. The molecule has 1 amide bonds. The van der Waals surface area contributed by atoms with Gasteiger partial charge in [0.1, 0.15) is 6.10 Å². The van der Waals surface area contributed by atoms with E-state index in [1.54, 1.807) is 0 Å². The maximum Gasteiger partial charge on any atom is 0.407 e. The number of hydrogen-bond donors (Lipinski definition) is 1. The second-order valence-electron chi connectivity index (χ2n) is 3.78. The Morgan fingerprint density at radius 3 is 3.17 bits per heavy atom. The molecule has 2 aliphatic rings. The largest absolute Gasteiger partial charge is 0.444 e. The first-order chi connectivity index (χ1) is 5.79. The third kappa shape index (κ3) is 1.28. The zero-order valence-corrected chi connectivity index (χ0v) is 7.38. The van der Waals surface area contributed by atoms with Crippen LogP contribution in [0, 0.1) is 5.92 Å². The maximum absolute atomic E-state index is 10.9. The lowest BCUT2D eigenvalue weighted by molar-refractivity contribution is 0.0931. The molecular formula is C9H15NO2. The van der Waals surface area contributed by atoms with Gasteiger partial charge < -0.3 is 10.1 Å². The molecule has 1 saturated carbocycles. The zero-order chi connectivity index (χ0) is 8.55. The van der Waals surface area contributed by atoms with Crippen molar-refractivity contribution in [3.63, 3.8) is 0 Å². The Morgan fingerprint density at radius 2 is 2.42 bits per heavy atom. The van der Waals surface area contributed by atoms with Gasteiger partial charge in [-0.1, -0.05) is 13.3 Å². The topological polar surface area (TPSA) is 38.3 Å². The van der Waals surface area contributed by atoms with Crippen molar-refractivity contribution in [2.45, 2.75) is 44.8 Å². The minimum atomic E-state index is -0.221. The van der Waals surface area contributed by atoms with E-state index in [0.717, 1.165) is 18.8 Å². The Balaban J connectivity index is 1.97. The Morgan fingerprint density at radius 1 is 1.58 bits per heavy atom. The lowest BCUT2D eigenvalue weighted by Crippen LogP contribution is -2.36. The average Bonchev–Trinajstić information content (AvgIpc) is 2.43. The van der Waals surface area contributed by atoms with Crippen molar-refractivity contribution in [2.24, 2.45) is 5.92 Å². The van der Waals surface area contributed by atoms with Gasteiger partial charge in [-0.05, 0) is 25.2 Å². The number of nitrogens with one attached hydrogen (secondary N) is 1. The SMILES string of the molecule is CCC1CCC2NC(=O)OC2C1. The first-order valence-electron chi connectivity index (χ1n) is 4.76. The van der Waals surface area contributed by atoms with E-state index in [9.17, 15) is 4.79 Å². The molecule has 12 heavy (non-hydrogen) atoms. The quantitative estimate of drug-likeness (QED) is 0.648. The lowest BCUT2D eigenvalue weighted by atomic mass is 9.83. The normalized spacial score (nSPS) is 40.1. The molecule has 3 atom stereocenters. The monoisotopic (exact) mass is 169 g/mol. The molecule has 1 aliphatic carbocycles. The standard InChI is InChI=1S/C9H15NO2/c1-2-6-3-4-7-8(5-6)12-9(11)10-7/h6-8H,2-5H2,1H3,(H,10,11). The molecule has 0 aromatic heterocycles. The number of carbonyl (C=O) groups excluding carboxylic acids is 1. The van der Waals surface area contributed by atoms with Gasteiger partial charge in [0.05, 0.1) is 6.04 Å².